The number of non-ortho nitro benzene ring substituents is 1. The van der Waals surface area contributed by atoms with Gasteiger partial charge in [-0.2, -0.15) is 4.98 Å². The fourth-order valence-corrected chi connectivity index (χ4v) is 1.60. The Kier molecular flexibility index (Phi) is 4.62. The van der Waals surface area contributed by atoms with Crippen LogP contribution in [0.1, 0.15) is 5.82 Å². The molecule has 110 valence electrons. The number of hydrogen-bond acceptors (Lipinski definition) is 7. The molecule has 2 aromatic rings. The zero-order valence-electron chi connectivity index (χ0n) is 11.6. The van der Waals surface area contributed by atoms with Crippen molar-refractivity contribution in [2.45, 2.75) is 6.61 Å². The van der Waals surface area contributed by atoms with Gasteiger partial charge in [-0.3, -0.25) is 10.1 Å². The fraction of sp³-hybridized carbons (Fsp3) is 0.231. The number of nitro benzene ring substituents is 1. The number of nitro groups is 1. The molecule has 8 heteroatoms. The molecule has 0 bridgehead atoms. The van der Waals surface area contributed by atoms with Crippen LogP contribution in [0.2, 0.25) is 0 Å². The van der Waals surface area contributed by atoms with Crippen LogP contribution in [-0.2, 0) is 11.3 Å². The Balaban J connectivity index is 2.21. The molecule has 0 aliphatic rings. The summed E-state index contributed by atoms with van der Waals surface area (Å²) < 4.78 is 10.6. The van der Waals surface area contributed by atoms with Gasteiger partial charge in [-0.05, 0) is 12.1 Å². The van der Waals surface area contributed by atoms with Crippen molar-refractivity contribution in [3.63, 3.8) is 0 Å². The summed E-state index contributed by atoms with van der Waals surface area (Å²) in [5.74, 6) is 1.84. The van der Waals surface area contributed by atoms with Gasteiger partial charge >= 0.3 is 0 Å². The predicted octanol–water partition coefficient (Wildman–Crippen LogP) is 2.37. The first-order valence-electron chi connectivity index (χ1n) is 6.09. The molecule has 1 heterocycles. The van der Waals surface area contributed by atoms with Crippen molar-refractivity contribution < 1.29 is 14.4 Å². The molecule has 1 N–H and O–H groups in total. The summed E-state index contributed by atoms with van der Waals surface area (Å²) in [4.78, 5) is 18.5. The van der Waals surface area contributed by atoms with Crippen LogP contribution in [0.4, 0.5) is 11.5 Å². The van der Waals surface area contributed by atoms with Crippen molar-refractivity contribution in [2.24, 2.45) is 0 Å². The fourth-order valence-electron chi connectivity index (χ4n) is 1.60. The highest BCUT2D eigenvalue weighted by atomic mass is 16.6. The Bertz CT molecular complexity index is 631. The summed E-state index contributed by atoms with van der Waals surface area (Å²) in [5.41, 5.74) is 0.000948. The maximum absolute atomic E-state index is 10.6. The molecule has 0 aliphatic carbocycles. The van der Waals surface area contributed by atoms with Gasteiger partial charge in [0.05, 0.1) is 4.92 Å². The van der Waals surface area contributed by atoms with Gasteiger partial charge < -0.3 is 14.8 Å². The Labute approximate surface area is 120 Å². The minimum atomic E-state index is -0.468. The monoisotopic (exact) mass is 290 g/mol. The van der Waals surface area contributed by atoms with Crippen LogP contribution < -0.4 is 10.1 Å². The smallest absolute Gasteiger partial charge is 0.269 e. The third-order valence-corrected chi connectivity index (χ3v) is 2.55. The molecule has 0 unspecified atom stereocenters. The van der Waals surface area contributed by atoms with Crippen LogP contribution in [0.25, 0.3) is 0 Å². The second-order valence-corrected chi connectivity index (χ2v) is 4.04. The van der Waals surface area contributed by atoms with Gasteiger partial charge in [0.25, 0.3) is 5.69 Å². The zero-order chi connectivity index (χ0) is 15.2. The molecule has 1 aromatic carbocycles. The van der Waals surface area contributed by atoms with E-state index >= 15 is 0 Å². The summed E-state index contributed by atoms with van der Waals surface area (Å²) >= 11 is 0. The maximum atomic E-state index is 10.6. The number of benzene rings is 1. The Hall–Kier alpha value is -2.74. The average Bonchev–Trinajstić information content (AvgIpc) is 2.48. The molecule has 1 aromatic heterocycles. The largest absolute Gasteiger partial charge is 0.439 e. The minimum Gasteiger partial charge on any atom is -0.439 e. The number of nitrogens with zero attached hydrogens (tertiary/aromatic N) is 3. The summed E-state index contributed by atoms with van der Waals surface area (Å²) in [7, 11) is 3.28. The van der Waals surface area contributed by atoms with Crippen LogP contribution >= 0.6 is 0 Å². The standard InChI is InChI=1S/C13H14N4O4/c1-14-11-7-13(16-12(15-11)8-20-2)21-10-5-3-9(4-6-10)17(18)19/h3-7H,8H2,1-2H3,(H,14,15,16). The second-order valence-electron chi connectivity index (χ2n) is 4.04. The van der Waals surface area contributed by atoms with Crippen molar-refractivity contribution in [3.05, 3.63) is 46.3 Å². The molecular weight excluding hydrogens is 276 g/mol. The Morgan fingerprint density at radius 2 is 2.00 bits per heavy atom. The van der Waals surface area contributed by atoms with Gasteiger partial charge in [0.15, 0.2) is 5.82 Å². The number of nitrogens with one attached hydrogen (secondary N) is 1. The van der Waals surface area contributed by atoms with Gasteiger partial charge in [-0.15, -0.1) is 0 Å². The molecule has 0 atom stereocenters. The first-order chi connectivity index (χ1) is 10.1. The summed E-state index contributed by atoms with van der Waals surface area (Å²) in [5, 5.41) is 13.5. The van der Waals surface area contributed by atoms with Crippen molar-refractivity contribution in [1.82, 2.24) is 9.97 Å². The number of anilines is 1. The molecule has 0 fully saturated rings. The molecule has 0 saturated heterocycles. The van der Waals surface area contributed by atoms with E-state index in [4.69, 9.17) is 9.47 Å². The third kappa shape index (κ3) is 3.86. The van der Waals surface area contributed by atoms with E-state index in [0.29, 0.717) is 23.3 Å². The van der Waals surface area contributed by atoms with E-state index in [1.807, 2.05) is 0 Å². The second kappa shape index (κ2) is 6.62. The zero-order valence-corrected chi connectivity index (χ0v) is 11.6. The van der Waals surface area contributed by atoms with Gasteiger partial charge in [-0.25, -0.2) is 4.98 Å². The Morgan fingerprint density at radius 3 is 2.57 bits per heavy atom. The van der Waals surface area contributed by atoms with Gasteiger partial charge in [0, 0.05) is 32.4 Å². The first kappa shape index (κ1) is 14.7. The van der Waals surface area contributed by atoms with Crippen molar-refractivity contribution in [3.8, 4) is 11.6 Å². The van der Waals surface area contributed by atoms with E-state index < -0.39 is 4.92 Å². The average molecular weight is 290 g/mol. The molecule has 0 aliphatic heterocycles. The summed E-state index contributed by atoms with van der Waals surface area (Å²) in [6.07, 6.45) is 0. The molecule has 21 heavy (non-hydrogen) atoms. The van der Waals surface area contributed by atoms with Gasteiger partial charge in [0.2, 0.25) is 5.88 Å². The minimum absolute atomic E-state index is 0.000948. The molecule has 8 nitrogen and oxygen atoms in total. The van der Waals surface area contributed by atoms with E-state index in [1.54, 1.807) is 20.2 Å². The molecule has 0 saturated carbocycles. The van der Waals surface area contributed by atoms with Crippen molar-refractivity contribution in [1.29, 1.82) is 0 Å². The predicted molar refractivity (Wildman–Crippen MR) is 75.5 cm³/mol. The van der Waals surface area contributed by atoms with Gasteiger partial charge in [-0.1, -0.05) is 0 Å². The highest BCUT2D eigenvalue weighted by molar-refractivity contribution is 5.41. The molecular formula is C13H14N4O4. The lowest BCUT2D eigenvalue weighted by molar-refractivity contribution is -0.384. The maximum Gasteiger partial charge on any atom is 0.269 e. The van der Waals surface area contributed by atoms with E-state index in [0.717, 1.165) is 0 Å². The van der Waals surface area contributed by atoms with Crippen LogP contribution in [0.15, 0.2) is 30.3 Å². The molecule has 0 spiro atoms. The number of hydrogen-bond donors (Lipinski definition) is 1. The van der Waals surface area contributed by atoms with Crippen molar-refractivity contribution in [2.75, 3.05) is 19.5 Å². The van der Waals surface area contributed by atoms with Crippen LogP contribution in [0.3, 0.4) is 0 Å². The van der Waals surface area contributed by atoms with E-state index in [2.05, 4.69) is 15.3 Å². The number of rotatable bonds is 6. The lowest BCUT2D eigenvalue weighted by Crippen LogP contribution is -2.03. The highest BCUT2D eigenvalue weighted by Crippen LogP contribution is 2.24. The van der Waals surface area contributed by atoms with Crippen LogP contribution in [-0.4, -0.2) is 29.0 Å². The molecule has 0 radical (unpaired) electrons. The summed E-state index contributed by atoms with van der Waals surface area (Å²) in [6, 6.07) is 7.38. The SMILES string of the molecule is CNc1cc(Oc2ccc([N+](=O)[O-])cc2)nc(COC)n1. The lowest BCUT2D eigenvalue weighted by Gasteiger charge is -2.08. The summed E-state index contributed by atoms with van der Waals surface area (Å²) in [6.45, 7) is 0.256. The molecule has 2 rings (SSSR count). The number of ether oxygens (including phenoxy) is 2. The molecule has 0 amide bonds. The van der Waals surface area contributed by atoms with Gasteiger partial charge in [0.1, 0.15) is 18.2 Å². The highest BCUT2D eigenvalue weighted by Gasteiger charge is 2.08. The van der Waals surface area contributed by atoms with Crippen molar-refractivity contribution >= 4 is 11.5 Å². The topological polar surface area (TPSA) is 99.4 Å². The number of aromatic nitrogens is 2. The first-order valence-corrected chi connectivity index (χ1v) is 6.09. The van der Waals surface area contributed by atoms with Crippen LogP contribution in [0, 0.1) is 10.1 Å². The third-order valence-electron chi connectivity index (χ3n) is 2.55. The number of methoxy groups -OCH3 is 1. The Morgan fingerprint density at radius 1 is 1.29 bits per heavy atom. The van der Waals surface area contributed by atoms with E-state index in [9.17, 15) is 10.1 Å². The normalized spacial score (nSPS) is 10.2. The quantitative estimate of drug-likeness (QED) is 0.643. The van der Waals surface area contributed by atoms with E-state index in [1.165, 1.54) is 24.3 Å². The van der Waals surface area contributed by atoms with Crippen LogP contribution in [0.5, 0.6) is 11.6 Å². The van der Waals surface area contributed by atoms with E-state index in [-0.39, 0.29) is 12.3 Å². The lowest BCUT2D eigenvalue weighted by atomic mass is 10.3.